The molecule has 0 radical (unpaired) electrons. The van der Waals surface area contributed by atoms with Gasteiger partial charge in [-0.15, -0.1) is 0 Å². The maximum Gasteiger partial charge on any atom is 0.306 e. The van der Waals surface area contributed by atoms with E-state index in [0.29, 0.717) is 6.61 Å². The van der Waals surface area contributed by atoms with Crippen molar-refractivity contribution in [3.63, 3.8) is 0 Å². The lowest BCUT2D eigenvalue weighted by molar-refractivity contribution is -0.332. The normalized spacial score (nSPS) is 24.3. The summed E-state index contributed by atoms with van der Waals surface area (Å²) in [5.41, 5.74) is 0. The first-order valence-electron chi connectivity index (χ1n) is 32.1. The summed E-state index contributed by atoms with van der Waals surface area (Å²) >= 11 is 0. The molecule has 2 aliphatic rings. The summed E-state index contributed by atoms with van der Waals surface area (Å²) in [6.07, 6.45) is 38.8. The predicted molar refractivity (Wildman–Crippen MR) is 303 cm³/mol. The predicted octanol–water partition coefficient (Wildman–Crippen LogP) is 12.4. The fraction of sp³-hybridized carbons (Fsp3) is 0.984. The maximum absolute atomic E-state index is 13.1. The monoisotopic (exact) mass is 1090 g/mol. The number of esters is 1. The molecule has 11 atom stereocenters. The summed E-state index contributed by atoms with van der Waals surface area (Å²) in [5.74, 6) is -0.365. The minimum atomic E-state index is -1.70. The first-order chi connectivity index (χ1) is 37.1. The lowest BCUT2D eigenvalue weighted by atomic mass is 9.98. The standard InChI is InChI=1S/C62H120O14/c1-3-5-7-9-11-13-15-17-19-21-23-25-27-29-31-33-35-37-39-41-43-45-54(64)74-51(48-71-46-44-42-40-38-36-34-32-30-28-26-24-22-20-18-16-14-12-10-8-6-4-2)49-72-61-60(70)58(68)56(66)53(76-61)50-73-62-59(69)57(67)55(65)52(47-63)75-62/h51-53,55-63,65-70H,3-50H2,1-2H3. The number of aliphatic hydroxyl groups excluding tert-OH is 7. The Morgan fingerprint density at radius 3 is 1.07 bits per heavy atom. The molecular formula is C62H120O14. The van der Waals surface area contributed by atoms with Crippen molar-refractivity contribution in [1.29, 1.82) is 0 Å². The number of rotatable bonds is 54. The van der Waals surface area contributed by atoms with E-state index in [2.05, 4.69) is 13.8 Å². The van der Waals surface area contributed by atoms with E-state index in [-0.39, 0.29) is 25.6 Å². The molecule has 7 N–H and O–H groups in total. The lowest BCUT2D eigenvalue weighted by Gasteiger charge is -2.42. The van der Waals surface area contributed by atoms with Crippen molar-refractivity contribution in [2.45, 2.75) is 357 Å². The number of hydrogen-bond acceptors (Lipinski definition) is 14. The third-order valence-corrected chi connectivity index (χ3v) is 15.9. The van der Waals surface area contributed by atoms with Crippen molar-refractivity contribution >= 4 is 5.97 Å². The second-order valence-corrected chi connectivity index (χ2v) is 23.0. The molecule has 0 spiro atoms. The Bertz CT molecular complexity index is 1260. The molecule has 0 aromatic rings. The summed E-state index contributed by atoms with van der Waals surface area (Å²) in [4.78, 5) is 13.1. The van der Waals surface area contributed by atoms with E-state index < -0.39 is 80.7 Å². The molecule has 0 saturated carbocycles. The average molecular weight is 1090 g/mol. The Balaban J connectivity index is 1.66. The van der Waals surface area contributed by atoms with Gasteiger partial charge in [0.15, 0.2) is 12.6 Å². The van der Waals surface area contributed by atoms with Gasteiger partial charge < -0.3 is 64.2 Å². The van der Waals surface area contributed by atoms with E-state index >= 15 is 0 Å². The van der Waals surface area contributed by atoms with Gasteiger partial charge in [0.2, 0.25) is 0 Å². The summed E-state index contributed by atoms with van der Waals surface area (Å²) < 4.78 is 34.5. The molecule has 0 aliphatic carbocycles. The average Bonchev–Trinajstić information content (AvgIpc) is 3.42. The highest BCUT2D eigenvalue weighted by molar-refractivity contribution is 5.69. The highest BCUT2D eigenvalue weighted by atomic mass is 16.7. The Kier molecular flexibility index (Phi) is 46.6. The molecule has 0 aromatic carbocycles. The van der Waals surface area contributed by atoms with Crippen molar-refractivity contribution in [2.24, 2.45) is 0 Å². The third kappa shape index (κ3) is 35.7. The molecular weight excluding hydrogens is 969 g/mol. The van der Waals surface area contributed by atoms with Crippen LogP contribution in [0.2, 0.25) is 0 Å². The molecule has 14 nitrogen and oxygen atoms in total. The van der Waals surface area contributed by atoms with Crippen LogP contribution >= 0.6 is 0 Å². The van der Waals surface area contributed by atoms with Crippen molar-refractivity contribution in [3.05, 3.63) is 0 Å². The molecule has 2 rings (SSSR count). The lowest BCUT2D eigenvalue weighted by Crippen LogP contribution is -2.61. The molecule has 0 aromatic heterocycles. The van der Waals surface area contributed by atoms with Crippen LogP contribution in [0.5, 0.6) is 0 Å². The summed E-state index contributed by atoms with van der Waals surface area (Å²) in [5, 5.41) is 72.5. The van der Waals surface area contributed by atoms with Crippen molar-refractivity contribution in [1.82, 2.24) is 0 Å². The van der Waals surface area contributed by atoms with Gasteiger partial charge in [-0.25, -0.2) is 0 Å². The minimum absolute atomic E-state index is 0.0713. The Morgan fingerprint density at radius 2 is 0.697 bits per heavy atom. The van der Waals surface area contributed by atoms with Crippen LogP contribution in [0.1, 0.15) is 290 Å². The van der Waals surface area contributed by atoms with Crippen molar-refractivity contribution in [3.8, 4) is 0 Å². The highest BCUT2D eigenvalue weighted by Crippen LogP contribution is 2.27. The summed E-state index contributed by atoms with van der Waals surface area (Å²) in [7, 11) is 0. The van der Waals surface area contributed by atoms with E-state index in [1.807, 2.05) is 0 Å². The number of carbonyl (C=O) groups excluding carboxylic acids is 1. The van der Waals surface area contributed by atoms with Gasteiger partial charge in [0, 0.05) is 13.0 Å². The van der Waals surface area contributed by atoms with Gasteiger partial charge in [-0.1, -0.05) is 271 Å². The van der Waals surface area contributed by atoms with Gasteiger partial charge in [-0.3, -0.25) is 4.79 Å². The number of carbonyl (C=O) groups is 1. The van der Waals surface area contributed by atoms with E-state index in [1.165, 1.54) is 225 Å². The van der Waals surface area contributed by atoms with E-state index in [1.54, 1.807) is 0 Å². The van der Waals surface area contributed by atoms with Crippen LogP contribution in [0.25, 0.3) is 0 Å². The van der Waals surface area contributed by atoms with Gasteiger partial charge in [0.25, 0.3) is 0 Å². The summed E-state index contributed by atoms with van der Waals surface area (Å²) in [6, 6.07) is 0. The molecule has 2 saturated heterocycles. The molecule has 11 unspecified atom stereocenters. The zero-order chi connectivity index (χ0) is 55.1. The number of aliphatic hydroxyl groups is 7. The van der Waals surface area contributed by atoms with Crippen LogP contribution in [0.4, 0.5) is 0 Å². The second-order valence-electron chi connectivity index (χ2n) is 23.0. The Labute approximate surface area is 463 Å². The van der Waals surface area contributed by atoms with Crippen LogP contribution in [-0.2, 0) is 33.2 Å². The fourth-order valence-electron chi connectivity index (χ4n) is 10.7. The molecule has 0 bridgehead atoms. The number of hydrogen-bond donors (Lipinski definition) is 7. The zero-order valence-electron chi connectivity index (χ0n) is 48.8. The Hall–Kier alpha value is -1.01. The largest absolute Gasteiger partial charge is 0.457 e. The van der Waals surface area contributed by atoms with Gasteiger partial charge in [0.1, 0.15) is 54.9 Å². The first kappa shape index (κ1) is 71.1. The van der Waals surface area contributed by atoms with E-state index in [4.69, 9.17) is 28.4 Å². The summed E-state index contributed by atoms with van der Waals surface area (Å²) in [6.45, 7) is 3.78. The van der Waals surface area contributed by atoms with Gasteiger partial charge in [0.05, 0.1) is 26.4 Å². The van der Waals surface area contributed by atoms with Crippen LogP contribution in [0, 0.1) is 0 Å². The van der Waals surface area contributed by atoms with E-state index in [9.17, 15) is 40.5 Å². The molecule has 14 heteroatoms. The first-order valence-corrected chi connectivity index (χ1v) is 32.1. The minimum Gasteiger partial charge on any atom is -0.457 e. The number of unbranched alkanes of at least 4 members (excludes halogenated alkanes) is 40. The van der Waals surface area contributed by atoms with Gasteiger partial charge in [-0.2, -0.15) is 0 Å². The van der Waals surface area contributed by atoms with Crippen LogP contribution in [0.3, 0.4) is 0 Å². The molecule has 2 fully saturated rings. The van der Waals surface area contributed by atoms with Crippen LogP contribution in [0.15, 0.2) is 0 Å². The van der Waals surface area contributed by atoms with Crippen LogP contribution < -0.4 is 0 Å². The zero-order valence-corrected chi connectivity index (χ0v) is 48.8. The fourth-order valence-corrected chi connectivity index (χ4v) is 10.7. The maximum atomic E-state index is 13.1. The smallest absolute Gasteiger partial charge is 0.306 e. The van der Waals surface area contributed by atoms with Gasteiger partial charge in [-0.05, 0) is 12.8 Å². The molecule has 2 heterocycles. The molecule has 2 aliphatic heterocycles. The molecule has 452 valence electrons. The molecule has 0 amide bonds. The van der Waals surface area contributed by atoms with Crippen molar-refractivity contribution in [2.75, 3.05) is 33.0 Å². The topological polar surface area (TPSA) is 214 Å². The van der Waals surface area contributed by atoms with E-state index in [0.717, 1.165) is 44.9 Å². The van der Waals surface area contributed by atoms with Crippen molar-refractivity contribution < 1.29 is 69.0 Å². The quantitative estimate of drug-likeness (QED) is 0.0223. The SMILES string of the molecule is CCCCCCCCCCCCCCCCCCCCCCCOCC(COC1OC(COC2OC(CO)C(O)C(O)C2O)C(O)C(O)C1O)OC(=O)CCCCCCCCCCCCCCCCCCCCCCC. The second kappa shape index (κ2) is 49.8. The third-order valence-electron chi connectivity index (χ3n) is 15.9. The Morgan fingerprint density at radius 1 is 0.382 bits per heavy atom. The molecule has 76 heavy (non-hydrogen) atoms. The highest BCUT2D eigenvalue weighted by Gasteiger charge is 2.47. The number of ether oxygens (including phenoxy) is 6. The van der Waals surface area contributed by atoms with Crippen LogP contribution in [-0.4, -0.2) is 142 Å². The van der Waals surface area contributed by atoms with Gasteiger partial charge >= 0.3 is 5.97 Å².